The third kappa shape index (κ3) is 4.08. The molecule has 0 saturated carbocycles. The van der Waals surface area contributed by atoms with Crippen LogP contribution in [0.25, 0.3) is 12.2 Å². The highest BCUT2D eigenvalue weighted by atomic mass is 35.5. The number of hydrogen-bond donors (Lipinski definition) is 0. The maximum absolute atomic E-state index is 6.04. The monoisotopic (exact) mass is 311 g/mol. The van der Waals surface area contributed by atoms with Crippen LogP contribution in [0.15, 0.2) is 43.5 Å². The maximum atomic E-state index is 6.04. The highest BCUT2D eigenvalue weighted by Gasteiger charge is 2.08. The average molecular weight is 312 g/mol. The third-order valence-electron chi connectivity index (χ3n) is 3.70. The zero-order valence-corrected chi connectivity index (χ0v) is 13.9. The van der Waals surface area contributed by atoms with Gasteiger partial charge >= 0.3 is 0 Å². The fourth-order valence-corrected chi connectivity index (χ4v) is 2.86. The highest BCUT2D eigenvalue weighted by Crippen LogP contribution is 2.20. The van der Waals surface area contributed by atoms with E-state index in [9.17, 15) is 0 Å². The molecule has 0 fully saturated rings. The topological polar surface area (TPSA) is 12.9 Å². The summed E-state index contributed by atoms with van der Waals surface area (Å²) < 4.78 is 0. The smallest absolute Gasteiger partial charge is 0.0701 e. The van der Waals surface area contributed by atoms with Gasteiger partial charge in [0.05, 0.1) is 5.69 Å². The Morgan fingerprint density at radius 3 is 2.55 bits per heavy atom. The van der Waals surface area contributed by atoms with Gasteiger partial charge in [-0.2, -0.15) is 0 Å². The molecule has 0 N–H and O–H groups in total. The van der Waals surface area contributed by atoms with Crippen LogP contribution in [0, 0.1) is 0 Å². The van der Waals surface area contributed by atoms with Crippen LogP contribution in [0.3, 0.4) is 0 Å². The predicted octanol–water partition coefficient (Wildman–Crippen LogP) is 5.76. The Morgan fingerprint density at radius 2 is 1.91 bits per heavy atom. The minimum atomic E-state index is 0.783. The van der Waals surface area contributed by atoms with Crippen LogP contribution in [0.4, 0.5) is 0 Å². The molecule has 0 aliphatic rings. The maximum Gasteiger partial charge on any atom is 0.0701 e. The van der Waals surface area contributed by atoms with Gasteiger partial charge in [0.15, 0.2) is 0 Å². The van der Waals surface area contributed by atoms with Crippen molar-refractivity contribution in [3.05, 3.63) is 76.6 Å². The Labute approximate surface area is 138 Å². The molecule has 1 aromatic carbocycles. The van der Waals surface area contributed by atoms with Crippen molar-refractivity contribution in [1.29, 1.82) is 0 Å². The van der Waals surface area contributed by atoms with Crippen molar-refractivity contribution in [3.63, 3.8) is 0 Å². The molecule has 0 radical (unpaired) electrons. The average Bonchev–Trinajstić information content (AvgIpc) is 2.52. The largest absolute Gasteiger partial charge is 0.253 e. The molecule has 0 unspecified atom stereocenters. The lowest BCUT2D eigenvalue weighted by molar-refractivity contribution is 0.876. The summed E-state index contributed by atoms with van der Waals surface area (Å²) >= 11 is 6.04. The van der Waals surface area contributed by atoms with E-state index in [0.29, 0.717) is 0 Å². The molecule has 22 heavy (non-hydrogen) atoms. The molecule has 1 heterocycles. The van der Waals surface area contributed by atoms with Gasteiger partial charge in [-0.15, -0.1) is 0 Å². The summed E-state index contributed by atoms with van der Waals surface area (Å²) in [4.78, 5) is 4.72. The van der Waals surface area contributed by atoms with Crippen molar-refractivity contribution in [3.8, 4) is 0 Å². The van der Waals surface area contributed by atoms with Crippen LogP contribution < -0.4 is 0 Å². The zero-order chi connectivity index (χ0) is 15.9. The molecule has 0 amide bonds. The molecule has 1 nitrogen and oxygen atoms in total. The summed E-state index contributed by atoms with van der Waals surface area (Å²) in [5.41, 5.74) is 5.69. The van der Waals surface area contributed by atoms with E-state index >= 15 is 0 Å². The minimum absolute atomic E-state index is 0.783. The van der Waals surface area contributed by atoms with Gasteiger partial charge in [-0.25, -0.2) is 0 Å². The predicted molar refractivity (Wildman–Crippen MR) is 97.3 cm³/mol. The molecule has 0 saturated heterocycles. The van der Waals surface area contributed by atoms with Gasteiger partial charge in [-0.3, -0.25) is 4.98 Å². The lowest BCUT2D eigenvalue weighted by Gasteiger charge is -2.12. The molecule has 0 aliphatic heterocycles. The Hall–Kier alpha value is -1.86. The molecule has 1 aromatic heterocycles. The summed E-state index contributed by atoms with van der Waals surface area (Å²) in [5.74, 6) is 0. The number of nitrogens with zero attached hydrogens (tertiary/aromatic N) is 1. The first-order valence-electron chi connectivity index (χ1n) is 7.70. The second-order valence-corrected chi connectivity index (χ2v) is 5.80. The van der Waals surface area contributed by atoms with Gasteiger partial charge in [0, 0.05) is 16.3 Å². The Kier molecular flexibility index (Phi) is 5.97. The quantitative estimate of drug-likeness (QED) is 0.633. The first-order valence-corrected chi connectivity index (χ1v) is 8.07. The number of benzene rings is 1. The van der Waals surface area contributed by atoms with Crippen LogP contribution in [0.1, 0.15) is 41.4 Å². The van der Waals surface area contributed by atoms with E-state index in [-0.39, 0.29) is 0 Å². The SMILES string of the molecule is C=Cc1nc(CCc2cccc(Cl)c2)cc(CCC)c1C=C. The van der Waals surface area contributed by atoms with Crippen LogP contribution in [0.2, 0.25) is 5.02 Å². The molecule has 2 rings (SSSR count). The number of rotatable bonds is 7. The lowest BCUT2D eigenvalue weighted by atomic mass is 9.99. The van der Waals surface area contributed by atoms with Gasteiger partial charge < -0.3 is 0 Å². The highest BCUT2D eigenvalue weighted by molar-refractivity contribution is 6.30. The molecule has 0 bridgehead atoms. The molecule has 0 aliphatic carbocycles. The van der Waals surface area contributed by atoms with Crippen molar-refractivity contribution in [2.45, 2.75) is 32.6 Å². The lowest BCUT2D eigenvalue weighted by Crippen LogP contribution is -2.02. The molecule has 2 heteroatoms. The summed E-state index contributed by atoms with van der Waals surface area (Å²) in [7, 11) is 0. The van der Waals surface area contributed by atoms with Crippen molar-refractivity contribution < 1.29 is 0 Å². The summed E-state index contributed by atoms with van der Waals surface area (Å²) in [5, 5.41) is 0.783. The van der Waals surface area contributed by atoms with E-state index < -0.39 is 0 Å². The van der Waals surface area contributed by atoms with E-state index in [4.69, 9.17) is 16.6 Å². The van der Waals surface area contributed by atoms with Crippen LogP contribution >= 0.6 is 11.6 Å². The van der Waals surface area contributed by atoms with E-state index in [1.54, 1.807) is 0 Å². The zero-order valence-electron chi connectivity index (χ0n) is 13.1. The van der Waals surface area contributed by atoms with Crippen molar-refractivity contribution >= 4 is 23.8 Å². The standard InChI is InChI=1S/C20H22ClN/c1-4-8-16-14-18(22-20(6-3)19(16)5-2)12-11-15-9-7-10-17(21)13-15/h5-7,9-10,13-14H,2-4,8,11-12H2,1H3. The first kappa shape index (κ1) is 16.5. The number of aryl methyl sites for hydroxylation is 3. The van der Waals surface area contributed by atoms with Gasteiger partial charge in [-0.05, 0) is 54.7 Å². The fraction of sp³-hybridized carbons (Fsp3) is 0.250. The minimum Gasteiger partial charge on any atom is -0.253 e. The molecule has 0 spiro atoms. The fourth-order valence-electron chi connectivity index (χ4n) is 2.65. The summed E-state index contributed by atoms with van der Waals surface area (Å²) in [6.45, 7) is 9.98. The van der Waals surface area contributed by atoms with E-state index in [2.05, 4.69) is 32.2 Å². The number of hydrogen-bond acceptors (Lipinski definition) is 1. The molecule has 114 valence electrons. The Balaban J connectivity index is 2.25. The normalized spacial score (nSPS) is 10.5. The Bertz CT molecular complexity index is 673. The van der Waals surface area contributed by atoms with E-state index in [0.717, 1.165) is 47.7 Å². The van der Waals surface area contributed by atoms with Crippen molar-refractivity contribution in [1.82, 2.24) is 4.98 Å². The van der Waals surface area contributed by atoms with Gasteiger partial charge in [0.25, 0.3) is 0 Å². The van der Waals surface area contributed by atoms with Crippen molar-refractivity contribution in [2.24, 2.45) is 0 Å². The molecule has 0 atom stereocenters. The van der Waals surface area contributed by atoms with Gasteiger partial charge in [0.2, 0.25) is 0 Å². The van der Waals surface area contributed by atoms with Crippen molar-refractivity contribution in [2.75, 3.05) is 0 Å². The second kappa shape index (κ2) is 7.95. The van der Waals surface area contributed by atoms with Crippen LogP contribution in [-0.2, 0) is 19.3 Å². The van der Waals surface area contributed by atoms with Gasteiger partial charge in [-0.1, -0.05) is 56.3 Å². The third-order valence-corrected chi connectivity index (χ3v) is 3.94. The second-order valence-electron chi connectivity index (χ2n) is 5.36. The summed E-state index contributed by atoms with van der Waals surface area (Å²) in [6, 6.07) is 10.2. The van der Waals surface area contributed by atoms with Crippen LogP contribution in [0.5, 0.6) is 0 Å². The first-order chi connectivity index (χ1) is 10.7. The molecule has 2 aromatic rings. The number of aromatic nitrogens is 1. The molecular formula is C20H22ClN. The van der Waals surface area contributed by atoms with E-state index in [1.807, 2.05) is 30.4 Å². The van der Waals surface area contributed by atoms with Crippen LogP contribution in [-0.4, -0.2) is 4.98 Å². The van der Waals surface area contributed by atoms with E-state index in [1.165, 1.54) is 11.1 Å². The molecular weight excluding hydrogens is 290 g/mol. The number of pyridine rings is 1. The number of halogens is 1. The summed E-state index contributed by atoms with van der Waals surface area (Å²) in [6.07, 6.45) is 7.68. The van der Waals surface area contributed by atoms with Gasteiger partial charge in [0.1, 0.15) is 0 Å². The Morgan fingerprint density at radius 1 is 1.09 bits per heavy atom.